The fourth-order valence-electron chi connectivity index (χ4n) is 1.80. The molecular weight excluding hydrogens is 216 g/mol. The lowest BCUT2D eigenvalue weighted by atomic mass is 9.93. The molecule has 2 rings (SSSR count). The Balaban J connectivity index is 2.30. The van der Waals surface area contributed by atoms with Crippen LogP contribution in [0.4, 0.5) is 0 Å². The van der Waals surface area contributed by atoms with E-state index in [1.54, 1.807) is 6.07 Å². The van der Waals surface area contributed by atoms with E-state index in [-0.39, 0.29) is 5.92 Å². The van der Waals surface area contributed by atoms with Gasteiger partial charge in [0.15, 0.2) is 0 Å². The molecule has 1 heterocycles. The second kappa shape index (κ2) is 4.18. The van der Waals surface area contributed by atoms with E-state index in [1.807, 2.05) is 18.2 Å². The molecule has 0 saturated carbocycles. The minimum absolute atomic E-state index is 0.129. The maximum absolute atomic E-state index is 11.0. The minimum Gasteiger partial charge on any atom is -0.480 e. The predicted molar refractivity (Wildman–Crippen MR) is 56.8 cm³/mol. The van der Waals surface area contributed by atoms with Gasteiger partial charge in [-0.2, -0.15) is 0 Å². The van der Waals surface area contributed by atoms with Crippen molar-refractivity contribution in [3.05, 3.63) is 34.9 Å². The van der Waals surface area contributed by atoms with Crippen molar-refractivity contribution in [1.82, 2.24) is 10.9 Å². The molecule has 1 aliphatic rings. The Kier molecular flexibility index (Phi) is 2.90. The average molecular weight is 227 g/mol. The van der Waals surface area contributed by atoms with Crippen LogP contribution in [0.2, 0.25) is 5.02 Å². The average Bonchev–Trinajstić information content (AvgIpc) is 2.67. The Morgan fingerprint density at radius 3 is 2.87 bits per heavy atom. The highest BCUT2D eigenvalue weighted by atomic mass is 35.5. The first kappa shape index (κ1) is 10.4. The van der Waals surface area contributed by atoms with Gasteiger partial charge in [0.2, 0.25) is 0 Å². The molecule has 4 nitrogen and oxygen atoms in total. The van der Waals surface area contributed by atoms with Gasteiger partial charge in [0.05, 0.1) is 0 Å². The zero-order chi connectivity index (χ0) is 10.8. The second-order valence-corrected chi connectivity index (χ2v) is 3.88. The van der Waals surface area contributed by atoms with Crippen molar-refractivity contribution in [3.8, 4) is 0 Å². The van der Waals surface area contributed by atoms with E-state index in [9.17, 15) is 4.79 Å². The number of benzene rings is 1. The molecule has 2 unspecified atom stereocenters. The highest BCUT2D eigenvalue weighted by Gasteiger charge is 2.34. The van der Waals surface area contributed by atoms with Crippen LogP contribution in [0, 0.1) is 0 Å². The number of carbonyl (C=O) groups is 1. The number of hydrazine groups is 1. The zero-order valence-corrected chi connectivity index (χ0v) is 8.66. The molecule has 0 radical (unpaired) electrons. The molecule has 0 aromatic heterocycles. The normalized spacial score (nSPS) is 25.4. The summed E-state index contributed by atoms with van der Waals surface area (Å²) in [5.41, 5.74) is 6.43. The number of aliphatic carboxylic acids is 1. The lowest BCUT2D eigenvalue weighted by molar-refractivity contribution is -0.139. The summed E-state index contributed by atoms with van der Waals surface area (Å²) in [4.78, 5) is 11.0. The first-order valence-corrected chi connectivity index (χ1v) is 5.03. The van der Waals surface area contributed by atoms with Gasteiger partial charge in [-0.25, -0.2) is 5.43 Å². The van der Waals surface area contributed by atoms with Gasteiger partial charge in [0.25, 0.3) is 0 Å². The van der Waals surface area contributed by atoms with Crippen LogP contribution in [0.5, 0.6) is 0 Å². The van der Waals surface area contributed by atoms with Crippen molar-refractivity contribution in [3.63, 3.8) is 0 Å². The number of hydrogen-bond donors (Lipinski definition) is 3. The van der Waals surface area contributed by atoms with Crippen molar-refractivity contribution in [2.45, 2.75) is 12.0 Å². The van der Waals surface area contributed by atoms with Crippen LogP contribution in [-0.4, -0.2) is 23.7 Å². The van der Waals surface area contributed by atoms with Crippen LogP contribution >= 0.6 is 11.6 Å². The number of carboxylic acids is 1. The molecule has 1 saturated heterocycles. The van der Waals surface area contributed by atoms with Crippen LogP contribution in [0.1, 0.15) is 11.5 Å². The predicted octanol–water partition coefficient (Wildman–Crippen LogP) is 0.985. The highest BCUT2D eigenvalue weighted by molar-refractivity contribution is 6.31. The second-order valence-electron chi connectivity index (χ2n) is 3.47. The smallest absolute Gasteiger partial charge is 0.322 e. The van der Waals surface area contributed by atoms with E-state index in [1.165, 1.54) is 0 Å². The van der Waals surface area contributed by atoms with E-state index in [2.05, 4.69) is 10.9 Å². The molecule has 5 heteroatoms. The zero-order valence-electron chi connectivity index (χ0n) is 7.90. The Morgan fingerprint density at radius 1 is 1.47 bits per heavy atom. The van der Waals surface area contributed by atoms with Gasteiger partial charge in [-0.15, -0.1) is 0 Å². The monoisotopic (exact) mass is 226 g/mol. The molecule has 0 aliphatic carbocycles. The third kappa shape index (κ3) is 1.97. The summed E-state index contributed by atoms with van der Waals surface area (Å²) in [6.45, 7) is 0.570. The Hall–Kier alpha value is -1.10. The lowest BCUT2D eigenvalue weighted by Crippen LogP contribution is -2.37. The first-order chi connectivity index (χ1) is 7.20. The van der Waals surface area contributed by atoms with Crippen LogP contribution in [0.15, 0.2) is 24.3 Å². The largest absolute Gasteiger partial charge is 0.480 e. The molecule has 0 amide bonds. The van der Waals surface area contributed by atoms with Crippen LogP contribution in [0.3, 0.4) is 0 Å². The third-order valence-electron chi connectivity index (χ3n) is 2.55. The maximum atomic E-state index is 11.0. The molecule has 1 fully saturated rings. The summed E-state index contributed by atoms with van der Waals surface area (Å²) in [7, 11) is 0. The minimum atomic E-state index is -0.870. The molecular formula is C10H11ClN2O2. The Labute approximate surface area is 92.2 Å². The SMILES string of the molecule is O=C(O)C1NNCC1c1ccccc1Cl. The molecule has 80 valence electrons. The fraction of sp³-hybridized carbons (Fsp3) is 0.300. The quantitative estimate of drug-likeness (QED) is 0.704. The lowest BCUT2D eigenvalue weighted by Gasteiger charge is -2.15. The van der Waals surface area contributed by atoms with E-state index in [0.717, 1.165) is 5.56 Å². The van der Waals surface area contributed by atoms with Crippen molar-refractivity contribution < 1.29 is 9.90 Å². The van der Waals surface area contributed by atoms with E-state index >= 15 is 0 Å². The summed E-state index contributed by atoms with van der Waals surface area (Å²) in [6.07, 6.45) is 0. The van der Waals surface area contributed by atoms with Crippen molar-refractivity contribution in [2.24, 2.45) is 0 Å². The summed E-state index contributed by atoms with van der Waals surface area (Å²) in [6, 6.07) is 6.70. The Morgan fingerprint density at radius 2 is 2.20 bits per heavy atom. The molecule has 15 heavy (non-hydrogen) atoms. The molecule has 1 aliphatic heterocycles. The number of rotatable bonds is 2. The van der Waals surface area contributed by atoms with E-state index in [4.69, 9.17) is 16.7 Å². The van der Waals surface area contributed by atoms with Crippen LogP contribution < -0.4 is 10.9 Å². The van der Waals surface area contributed by atoms with Gasteiger partial charge < -0.3 is 5.11 Å². The summed E-state index contributed by atoms with van der Waals surface area (Å²) in [5.74, 6) is -0.999. The van der Waals surface area contributed by atoms with Gasteiger partial charge in [0, 0.05) is 17.5 Å². The number of carboxylic acid groups (broad SMARTS) is 1. The van der Waals surface area contributed by atoms with Crippen LogP contribution in [-0.2, 0) is 4.79 Å². The van der Waals surface area contributed by atoms with Crippen molar-refractivity contribution >= 4 is 17.6 Å². The van der Waals surface area contributed by atoms with Crippen molar-refractivity contribution in [1.29, 1.82) is 0 Å². The topological polar surface area (TPSA) is 61.4 Å². The third-order valence-corrected chi connectivity index (χ3v) is 2.90. The van der Waals surface area contributed by atoms with E-state index in [0.29, 0.717) is 11.6 Å². The van der Waals surface area contributed by atoms with Gasteiger partial charge in [0.1, 0.15) is 6.04 Å². The molecule has 3 N–H and O–H groups in total. The van der Waals surface area contributed by atoms with Crippen LogP contribution in [0.25, 0.3) is 0 Å². The highest BCUT2D eigenvalue weighted by Crippen LogP contribution is 2.28. The summed E-state index contributed by atoms with van der Waals surface area (Å²) < 4.78 is 0. The first-order valence-electron chi connectivity index (χ1n) is 4.66. The number of halogens is 1. The maximum Gasteiger partial charge on any atom is 0.322 e. The number of hydrogen-bond acceptors (Lipinski definition) is 3. The summed E-state index contributed by atoms with van der Waals surface area (Å²) >= 11 is 6.03. The Bertz CT molecular complexity index is 383. The molecule has 2 atom stereocenters. The molecule has 1 aromatic carbocycles. The van der Waals surface area contributed by atoms with Gasteiger partial charge >= 0.3 is 5.97 Å². The summed E-state index contributed by atoms with van der Waals surface area (Å²) in [5, 5.41) is 9.60. The standard InChI is InChI=1S/C10H11ClN2O2/c11-8-4-2-1-3-6(8)7-5-12-13-9(7)10(14)15/h1-4,7,9,12-13H,5H2,(H,14,15). The molecule has 0 bridgehead atoms. The number of nitrogens with one attached hydrogen (secondary N) is 2. The van der Waals surface area contributed by atoms with Crippen molar-refractivity contribution in [2.75, 3.05) is 6.54 Å². The van der Waals surface area contributed by atoms with Gasteiger partial charge in [-0.1, -0.05) is 29.8 Å². The van der Waals surface area contributed by atoms with Gasteiger partial charge in [-0.05, 0) is 11.6 Å². The molecule has 1 aromatic rings. The van der Waals surface area contributed by atoms with E-state index < -0.39 is 12.0 Å². The van der Waals surface area contributed by atoms with Gasteiger partial charge in [-0.3, -0.25) is 10.2 Å². The fourth-order valence-corrected chi connectivity index (χ4v) is 2.07. The molecule has 0 spiro atoms.